The largest absolute Gasteiger partial charge is 0.573 e. The Morgan fingerprint density at radius 2 is 1.79 bits per heavy atom. The van der Waals surface area contributed by atoms with Crippen LogP contribution in [0.3, 0.4) is 0 Å². The number of benzene rings is 1. The molecule has 19 heavy (non-hydrogen) atoms. The molecule has 2 unspecified atom stereocenters. The molecule has 0 fully saturated rings. The molecule has 0 saturated heterocycles. The minimum absolute atomic E-state index is 0.0638. The van der Waals surface area contributed by atoms with E-state index in [-0.39, 0.29) is 17.9 Å². The second-order valence-electron chi connectivity index (χ2n) is 4.24. The molecule has 0 amide bonds. The zero-order chi connectivity index (χ0) is 14.5. The summed E-state index contributed by atoms with van der Waals surface area (Å²) in [5.74, 6) is -0.233. The Hall–Kier alpha value is -1.27. The van der Waals surface area contributed by atoms with E-state index in [0.29, 0.717) is 6.42 Å². The first-order valence-corrected chi connectivity index (χ1v) is 5.98. The lowest BCUT2D eigenvalue weighted by molar-refractivity contribution is -0.274. The normalized spacial score (nSPS) is 15.1. The first-order valence-electron chi connectivity index (χ1n) is 5.98. The van der Waals surface area contributed by atoms with E-state index in [2.05, 4.69) is 4.74 Å². The molecule has 0 heterocycles. The monoisotopic (exact) mass is 277 g/mol. The molecule has 0 aliphatic rings. The van der Waals surface area contributed by atoms with Gasteiger partial charge in [-0.25, -0.2) is 0 Å². The van der Waals surface area contributed by atoms with Crippen molar-refractivity contribution in [3.05, 3.63) is 29.8 Å². The van der Waals surface area contributed by atoms with E-state index in [9.17, 15) is 13.2 Å². The number of hydrogen-bond acceptors (Lipinski definition) is 3. The van der Waals surface area contributed by atoms with Gasteiger partial charge in [0, 0.05) is 13.2 Å². The lowest BCUT2D eigenvalue weighted by Crippen LogP contribution is -2.37. The molecular formula is C13H18F3NO2. The van der Waals surface area contributed by atoms with Gasteiger partial charge < -0.3 is 15.2 Å². The highest BCUT2D eigenvalue weighted by Crippen LogP contribution is 2.23. The number of rotatable bonds is 6. The maximum absolute atomic E-state index is 12.0. The van der Waals surface area contributed by atoms with Gasteiger partial charge in [-0.3, -0.25) is 0 Å². The maximum atomic E-state index is 12.0. The number of hydrogen-bond donors (Lipinski definition) is 1. The zero-order valence-electron chi connectivity index (χ0n) is 10.9. The fourth-order valence-corrected chi connectivity index (χ4v) is 1.88. The fraction of sp³-hybridized carbons (Fsp3) is 0.538. The molecule has 108 valence electrons. The van der Waals surface area contributed by atoms with Crippen molar-refractivity contribution in [1.29, 1.82) is 0 Å². The van der Waals surface area contributed by atoms with Gasteiger partial charge in [0.25, 0.3) is 0 Å². The topological polar surface area (TPSA) is 44.5 Å². The summed E-state index contributed by atoms with van der Waals surface area (Å²) in [5.41, 5.74) is 6.82. The molecule has 1 rings (SSSR count). The number of alkyl halides is 3. The summed E-state index contributed by atoms with van der Waals surface area (Å²) in [6, 6.07) is 5.52. The average molecular weight is 277 g/mol. The number of ether oxygens (including phenoxy) is 2. The van der Waals surface area contributed by atoms with Crippen molar-refractivity contribution in [3.63, 3.8) is 0 Å². The first kappa shape index (κ1) is 15.8. The van der Waals surface area contributed by atoms with Crippen LogP contribution in [0.4, 0.5) is 13.2 Å². The molecule has 0 saturated carbocycles. The summed E-state index contributed by atoms with van der Waals surface area (Å²) < 4.78 is 45.0. The maximum Gasteiger partial charge on any atom is 0.573 e. The third-order valence-electron chi connectivity index (χ3n) is 2.81. The van der Waals surface area contributed by atoms with E-state index >= 15 is 0 Å². The summed E-state index contributed by atoms with van der Waals surface area (Å²) >= 11 is 0. The lowest BCUT2D eigenvalue weighted by atomic mass is 10.0. The summed E-state index contributed by atoms with van der Waals surface area (Å²) in [6.45, 7) is 1.97. The predicted molar refractivity (Wildman–Crippen MR) is 65.9 cm³/mol. The van der Waals surface area contributed by atoms with Crippen LogP contribution in [0.15, 0.2) is 24.3 Å². The van der Waals surface area contributed by atoms with Gasteiger partial charge in [-0.1, -0.05) is 19.1 Å². The zero-order valence-corrected chi connectivity index (χ0v) is 10.9. The lowest BCUT2D eigenvalue weighted by Gasteiger charge is -2.21. The van der Waals surface area contributed by atoms with Crippen molar-refractivity contribution in [2.45, 2.75) is 38.3 Å². The minimum atomic E-state index is -4.67. The van der Waals surface area contributed by atoms with Crippen LogP contribution in [0, 0.1) is 0 Å². The second-order valence-corrected chi connectivity index (χ2v) is 4.24. The molecule has 1 aromatic carbocycles. The second kappa shape index (κ2) is 6.77. The van der Waals surface area contributed by atoms with Gasteiger partial charge in [-0.15, -0.1) is 13.2 Å². The Bertz CT molecular complexity index is 374. The third-order valence-corrected chi connectivity index (χ3v) is 2.81. The summed E-state index contributed by atoms with van der Waals surface area (Å²) in [6.07, 6.45) is -3.40. The van der Waals surface area contributed by atoms with E-state index in [1.807, 2.05) is 6.92 Å². The Morgan fingerprint density at radius 1 is 1.21 bits per heavy atom. The number of nitrogens with two attached hydrogens (primary N) is 1. The van der Waals surface area contributed by atoms with E-state index < -0.39 is 6.36 Å². The van der Waals surface area contributed by atoms with Crippen LogP contribution in [0.2, 0.25) is 0 Å². The van der Waals surface area contributed by atoms with E-state index in [1.165, 1.54) is 12.1 Å². The van der Waals surface area contributed by atoms with Crippen molar-refractivity contribution in [3.8, 4) is 5.75 Å². The molecule has 0 aliphatic heterocycles. The van der Waals surface area contributed by atoms with Crippen molar-refractivity contribution >= 4 is 0 Å². The minimum Gasteiger partial charge on any atom is -0.406 e. The van der Waals surface area contributed by atoms with Crippen LogP contribution in [0.5, 0.6) is 5.75 Å². The molecule has 0 spiro atoms. The molecule has 0 aromatic heterocycles. The Morgan fingerprint density at radius 3 is 2.21 bits per heavy atom. The van der Waals surface area contributed by atoms with Gasteiger partial charge in [0.1, 0.15) is 5.75 Å². The summed E-state index contributed by atoms with van der Waals surface area (Å²) in [7, 11) is 1.59. The SMILES string of the molecule is CCC(OC)C(N)Cc1ccc(OC(F)(F)F)cc1. The van der Waals surface area contributed by atoms with Gasteiger partial charge in [0.05, 0.1) is 6.10 Å². The highest BCUT2D eigenvalue weighted by atomic mass is 19.4. The van der Waals surface area contributed by atoms with Gasteiger partial charge >= 0.3 is 6.36 Å². The summed E-state index contributed by atoms with van der Waals surface area (Å²) in [4.78, 5) is 0. The van der Waals surface area contributed by atoms with Crippen molar-refractivity contribution in [2.75, 3.05) is 7.11 Å². The molecule has 2 N–H and O–H groups in total. The van der Waals surface area contributed by atoms with Crippen LogP contribution in [0.25, 0.3) is 0 Å². The van der Waals surface area contributed by atoms with Gasteiger partial charge in [0.15, 0.2) is 0 Å². The predicted octanol–water partition coefficient (Wildman–Crippen LogP) is 2.88. The Kier molecular flexibility index (Phi) is 5.62. The van der Waals surface area contributed by atoms with E-state index in [0.717, 1.165) is 12.0 Å². The van der Waals surface area contributed by atoms with Gasteiger partial charge in [-0.2, -0.15) is 0 Å². The standard InChI is InChI=1S/C13H18F3NO2/c1-3-12(18-2)11(17)8-9-4-6-10(7-5-9)19-13(14,15)16/h4-7,11-12H,3,8,17H2,1-2H3. The average Bonchev–Trinajstić information content (AvgIpc) is 2.31. The van der Waals surface area contributed by atoms with Crippen molar-refractivity contribution in [2.24, 2.45) is 5.73 Å². The first-order chi connectivity index (χ1) is 8.85. The summed E-state index contributed by atoms with van der Waals surface area (Å²) in [5, 5.41) is 0. The quantitative estimate of drug-likeness (QED) is 0.869. The molecule has 1 aromatic rings. The van der Waals surface area contributed by atoms with Gasteiger partial charge in [-0.05, 0) is 30.5 Å². The fourth-order valence-electron chi connectivity index (χ4n) is 1.88. The Labute approximate surface area is 110 Å². The van der Waals surface area contributed by atoms with Crippen LogP contribution in [0.1, 0.15) is 18.9 Å². The molecule has 3 nitrogen and oxygen atoms in total. The number of methoxy groups -OCH3 is 1. The molecule has 0 aliphatic carbocycles. The van der Waals surface area contributed by atoms with Crippen molar-refractivity contribution in [1.82, 2.24) is 0 Å². The highest BCUT2D eigenvalue weighted by molar-refractivity contribution is 5.28. The molecule has 2 atom stereocenters. The third kappa shape index (κ3) is 5.48. The van der Waals surface area contributed by atoms with Crippen LogP contribution < -0.4 is 10.5 Å². The van der Waals surface area contributed by atoms with Crippen molar-refractivity contribution < 1.29 is 22.6 Å². The van der Waals surface area contributed by atoms with Crippen LogP contribution >= 0.6 is 0 Å². The smallest absolute Gasteiger partial charge is 0.406 e. The molecule has 6 heteroatoms. The molecule has 0 radical (unpaired) electrons. The van der Waals surface area contributed by atoms with Crippen LogP contribution in [-0.4, -0.2) is 25.6 Å². The van der Waals surface area contributed by atoms with Crippen LogP contribution in [-0.2, 0) is 11.2 Å². The highest BCUT2D eigenvalue weighted by Gasteiger charge is 2.31. The van der Waals surface area contributed by atoms with E-state index in [4.69, 9.17) is 10.5 Å². The molecular weight excluding hydrogens is 259 g/mol. The van der Waals surface area contributed by atoms with Gasteiger partial charge in [0.2, 0.25) is 0 Å². The molecule has 0 bridgehead atoms. The Balaban J connectivity index is 2.62. The van der Waals surface area contributed by atoms with E-state index in [1.54, 1.807) is 19.2 Å². The number of halogens is 3.